The van der Waals surface area contributed by atoms with E-state index in [1.54, 1.807) is 32.9 Å². The Bertz CT molecular complexity index is 832. The van der Waals surface area contributed by atoms with Crippen LogP contribution in [0.5, 0.6) is 5.75 Å². The molecule has 0 saturated carbocycles. The van der Waals surface area contributed by atoms with Gasteiger partial charge in [-0.15, -0.1) is 0 Å². The minimum atomic E-state index is -0.823. The molecule has 2 atom stereocenters. The lowest BCUT2D eigenvalue weighted by atomic mass is 9.90. The fourth-order valence-corrected chi connectivity index (χ4v) is 3.30. The molecule has 0 aromatic heterocycles. The van der Waals surface area contributed by atoms with Gasteiger partial charge in [0.05, 0.1) is 18.4 Å². The normalized spacial score (nSPS) is 13.0. The van der Waals surface area contributed by atoms with Crippen LogP contribution in [0.4, 0.5) is 4.79 Å². The first-order valence-electron chi connectivity index (χ1n) is 11.3. The van der Waals surface area contributed by atoms with E-state index in [1.165, 1.54) is 12.1 Å². The Hall–Kier alpha value is -3.14. The summed E-state index contributed by atoms with van der Waals surface area (Å²) in [7, 11) is 0. The van der Waals surface area contributed by atoms with Crippen molar-refractivity contribution in [3.05, 3.63) is 29.8 Å². The molecule has 1 rings (SSSR count). The van der Waals surface area contributed by atoms with Crippen LogP contribution in [0.3, 0.4) is 0 Å². The van der Waals surface area contributed by atoms with Crippen molar-refractivity contribution in [2.75, 3.05) is 6.54 Å². The van der Waals surface area contributed by atoms with Crippen molar-refractivity contribution in [1.29, 1.82) is 0 Å². The SMILES string of the molecule is CC(C)[C@H](CC(=O)OC(C)(C)C)C(=O)N[C@@H](CCCNC(N)=O)C(=O)Cc1ccc(OO)cc1. The van der Waals surface area contributed by atoms with Gasteiger partial charge in [0.1, 0.15) is 5.60 Å². The van der Waals surface area contributed by atoms with Gasteiger partial charge in [0, 0.05) is 13.0 Å². The minimum Gasteiger partial charge on any atom is -0.460 e. The number of nitrogens with one attached hydrogen (secondary N) is 2. The largest absolute Gasteiger partial charge is 0.460 e. The number of carbonyl (C=O) groups is 4. The molecule has 190 valence electrons. The van der Waals surface area contributed by atoms with Gasteiger partial charge in [0.15, 0.2) is 11.5 Å². The number of carbonyl (C=O) groups excluding carboxylic acids is 4. The number of hydrogen-bond acceptors (Lipinski definition) is 7. The number of rotatable bonds is 13. The van der Waals surface area contributed by atoms with E-state index < -0.39 is 35.5 Å². The predicted octanol–water partition coefficient (Wildman–Crippen LogP) is 2.59. The van der Waals surface area contributed by atoms with E-state index in [0.29, 0.717) is 12.0 Å². The zero-order valence-corrected chi connectivity index (χ0v) is 20.6. The molecule has 0 heterocycles. The van der Waals surface area contributed by atoms with Gasteiger partial charge < -0.3 is 26.0 Å². The lowest BCUT2D eigenvalue weighted by molar-refractivity contribution is -0.158. The predicted molar refractivity (Wildman–Crippen MR) is 126 cm³/mol. The molecule has 0 aliphatic carbocycles. The molecule has 1 aromatic carbocycles. The van der Waals surface area contributed by atoms with Gasteiger partial charge in [-0.3, -0.25) is 14.4 Å². The summed E-state index contributed by atoms with van der Waals surface area (Å²) in [6, 6.07) is 4.81. The fourth-order valence-electron chi connectivity index (χ4n) is 3.30. The number of ether oxygens (including phenoxy) is 1. The molecule has 0 spiro atoms. The van der Waals surface area contributed by atoms with Gasteiger partial charge in [-0.25, -0.2) is 10.1 Å². The number of benzene rings is 1. The van der Waals surface area contributed by atoms with E-state index in [0.717, 1.165) is 0 Å². The monoisotopic (exact) mass is 479 g/mol. The fraction of sp³-hybridized carbons (Fsp3) is 0.583. The van der Waals surface area contributed by atoms with Crippen LogP contribution in [0.2, 0.25) is 0 Å². The molecule has 5 N–H and O–H groups in total. The highest BCUT2D eigenvalue weighted by atomic mass is 17.1. The van der Waals surface area contributed by atoms with Crippen molar-refractivity contribution >= 4 is 23.7 Å². The van der Waals surface area contributed by atoms with Crippen LogP contribution in [0.15, 0.2) is 24.3 Å². The van der Waals surface area contributed by atoms with Crippen molar-refractivity contribution in [1.82, 2.24) is 10.6 Å². The van der Waals surface area contributed by atoms with Gasteiger partial charge in [-0.1, -0.05) is 26.0 Å². The third-order valence-electron chi connectivity index (χ3n) is 5.03. The lowest BCUT2D eigenvalue weighted by Crippen LogP contribution is -2.46. The number of hydrogen-bond donors (Lipinski definition) is 4. The molecule has 0 aliphatic heterocycles. The molecule has 10 nitrogen and oxygen atoms in total. The molecule has 0 radical (unpaired) electrons. The summed E-state index contributed by atoms with van der Waals surface area (Å²) in [6.45, 7) is 9.17. The second kappa shape index (κ2) is 13.5. The van der Waals surface area contributed by atoms with E-state index in [2.05, 4.69) is 15.5 Å². The van der Waals surface area contributed by atoms with Gasteiger partial charge in [-0.05, 0) is 57.2 Å². The van der Waals surface area contributed by atoms with Crippen LogP contribution in [-0.2, 0) is 25.5 Å². The molecule has 0 saturated heterocycles. The van der Waals surface area contributed by atoms with Gasteiger partial charge >= 0.3 is 12.0 Å². The highest BCUT2D eigenvalue weighted by Gasteiger charge is 2.30. The molecular weight excluding hydrogens is 442 g/mol. The van der Waals surface area contributed by atoms with Gasteiger partial charge in [0.2, 0.25) is 5.91 Å². The summed E-state index contributed by atoms with van der Waals surface area (Å²) in [5.41, 5.74) is 5.09. The van der Waals surface area contributed by atoms with E-state index in [4.69, 9.17) is 15.7 Å². The topological polar surface area (TPSA) is 157 Å². The van der Waals surface area contributed by atoms with Gasteiger partial charge in [0.25, 0.3) is 0 Å². The van der Waals surface area contributed by atoms with Gasteiger partial charge in [-0.2, -0.15) is 0 Å². The summed E-state index contributed by atoms with van der Waals surface area (Å²) < 4.78 is 5.35. The van der Waals surface area contributed by atoms with Crippen LogP contribution < -0.4 is 21.3 Å². The minimum absolute atomic E-state index is 0.0400. The zero-order chi connectivity index (χ0) is 25.9. The van der Waals surface area contributed by atoms with E-state index >= 15 is 0 Å². The average molecular weight is 480 g/mol. The van der Waals surface area contributed by atoms with Crippen LogP contribution in [0, 0.1) is 11.8 Å². The summed E-state index contributed by atoms with van der Waals surface area (Å²) >= 11 is 0. The first-order chi connectivity index (χ1) is 15.8. The summed E-state index contributed by atoms with van der Waals surface area (Å²) in [5.74, 6) is -1.72. The second-order valence-electron chi connectivity index (χ2n) is 9.51. The third kappa shape index (κ3) is 11.1. The molecule has 10 heteroatoms. The molecule has 34 heavy (non-hydrogen) atoms. The molecular formula is C24H37N3O7. The van der Waals surface area contributed by atoms with Crippen molar-refractivity contribution in [3.8, 4) is 5.75 Å². The number of Topliss-reactive ketones (excluding diaryl/α,β-unsaturated/α-hetero) is 1. The van der Waals surface area contributed by atoms with Crippen molar-refractivity contribution < 1.29 is 34.1 Å². The Labute approximate surface area is 200 Å². The highest BCUT2D eigenvalue weighted by Crippen LogP contribution is 2.20. The lowest BCUT2D eigenvalue weighted by Gasteiger charge is -2.26. The quantitative estimate of drug-likeness (QED) is 0.147. The van der Waals surface area contributed by atoms with E-state index in [-0.39, 0.29) is 43.3 Å². The smallest absolute Gasteiger partial charge is 0.312 e. The number of primary amides is 1. The average Bonchev–Trinajstić information content (AvgIpc) is 2.72. The molecule has 0 bridgehead atoms. The zero-order valence-electron chi connectivity index (χ0n) is 20.6. The van der Waals surface area contributed by atoms with Crippen molar-refractivity contribution in [3.63, 3.8) is 0 Å². The van der Waals surface area contributed by atoms with E-state index in [9.17, 15) is 19.2 Å². The molecule has 3 amide bonds. The molecule has 0 fully saturated rings. The Kier molecular flexibility index (Phi) is 11.5. The number of urea groups is 1. The molecule has 0 aliphatic rings. The number of amides is 3. The van der Waals surface area contributed by atoms with Crippen LogP contribution in [-0.4, -0.2) is 47.1 Å². The number of esters is 1. The van der Waals surface area contributed by atoms with E-state index in [1.807, 2.05) is 13.8 Å². The first kappa shape index (κ1) is 28.9. The second-order valence-corrected chi connectivity index (χ2v) is 9.51. The summed E-state index contributed by atoms with van der Waals surface area (Å²) in [4.78, 5) is 53.5. The number of ketones is 1. The maximum absolute atomic E-state index is 13.1. The van der Waals surface area contributed by atoms with Crippen LogP contribution in [0.1, 0.15) is 59.4 Å². The maximum atomic E-state index is 13.1. The third-order valence-corrected chi connectivity index (χ3v) is 5.03. The Morgan fingerprint density at radius 1 is 1.09 bits per heavy atom. The molecule has 0 unspecified atom stereocenters. The Balaban J connectivity index is 2.92. The standard InChI is InChI=1S/C24H37N3O7/c1-15(2)18(14-21(29)33-24(3,4)5)22(30)27-19(7-6-12-26-23(25)31)20(28)13-16-8-10-17(34-32)11-9-16/h8-11,15,18-19,32H,6-7,12-14H2,1-5H3,(H,27,30)(H3,25,26,31)/t18-,19-/m0/s1. The van der Waals surface area contributed by atoms with Crippen molar-refractivity contribution in [2.24, 2.45) is 17.6 Å². The number of nitrogens with two attached hydrogens (primary N) is 1. The Morgan fingerprint density at radius 3 is 2.21 bits per heavy atom. The van der Waals surface area contributed by atoms with Crippen molar-refractivity contribution in [2.45, 2.75) is 71.9 Å². The van der Waals surface area contributed by atoms with Crippen LogP contribution >= 0.6 is 0 Å². The highest BCUT2D eigenvalue weighted by molar-refractivity contribution is 5.92. The Morgan fingerprint density at radius 2 is 1.71 bits per heavy atom. The molecule has 1 aromatic rings. The summed E-state index contributed by atoms with van der Waals surface area (Å²) in [5, 5.41) is 13.9. The van der Waals surface area contributed by atoms with Crippen LogP contribution in [0.25, 0.3) is 0 Å². The first-order valence-corrected chi connectivity index (χ1v) is 11.3. The summed E-state index contributed by atoms with van der Waals surface area (Å²) in [6.07, 6.45) is 0.626. The maximum Gasteiger partial charge on any atom is 0.312 e.